The van der Waals surface area contributed by atoms with Gasteiger partial charge < -0.3 is 16.1 Å². The summed E-state index contributed by atoms with van der Waals surface area (Å²) in [7, 11) is 0. The highest BCUT2D eigenvalue weighted by molar-refractivity contribution is 5.96. The Morgan fingerprint density at radius 3 is 2.89 bits per heavy atom. The van der Waals surface area contributed by atoms with Crippen molar-refractivity contribution >= 4 is 17.6 Å². The fraction of sp³-hybridized carbons (Fsp3) is 0.364. The van der Waals surface area contributed by atoms with Crippen LogP contribution in [0.5, 0.6) is 0 Å². The Balaban J connectivity index is 1.84. The smallest absolute Gasteiger partial charge is 0.251 e. The number of carbonyl (C=O) groups excluding carboxylic acids is 2. The van der Waals surface area contributed by atoms with E-state index in [0.29, 0.717) is 17.4 Å². The third kappa shape index (κ3) is 3.42. The van der Waals surface area contributed by atoms with Crippen molar-refractivity contribution in [1.82, 2.24) is 15.6 Å². The number of pyridine rings is 1. The molecule has 0 unspecified atom stereocenters. The van der Waals surface area contributed by atoms with Crippen LogP contribution in [-0.4, -0.2) is 29.4 Å². The summed E-state index contributed by atoms with van der Waals surface area (Å²) in [5, 5.41) is 5.32. The number of aromatic nitrogens is 1. The molecule has 1 fully saturated rings. The summed E-state index contributed by atoms with van der Waals surface area (Å²) in [4.78, 5) is 27.0. The van der Waals surface area contributed by atoms with Gasteiger partial charge in [-0.25, -0.2) is 10.8 Å². The first kappa shape index (κ1) is 12.3. The van der Waals surface area contributed by atoms with E-state index in [1.165, 1.54) is 12.3 Å². The van der Waals surface area contributed by atoms with Crippen LogP contribution in [0, 0.1) is 0 Å². The van der Waals surface area contributed by atoms with Crippen LogP contribution in [-0.2, 0) is 4.79 Å². The molecule has 1 aliphatic rings. The molecule has 0 atom stereocenters. The number of hydrogen-bond donors (Lipinski definition) is 4. The molecule has 7 heteroatoms. The monoisotopic (exact) mass is 249 g/mol. The highest BCUT2D eigenvalue weighted by atomic mass is 16.2. The first-order chi connectivity index (χ1) is 8.69. The second kappa shape index (κ2) is 5.46. The van der Waals surface area contributed by atoms with E-state index in [-0.39, 0.29) is 18.4 Å². The molecule has 2 rings (SSSR count). The number of hydrogen-bond acceptors (Lipinski definition) is 5. The number of nitrogens with two attached hydrogens (primary N) is 1. The van der Waals surface area contributed by atoms with Gasteiger partial charge in [-0.05, 0) is 25.0 Å². The molecule has 0 spiro atoms. The lowest BCUT2D eigenvalue weighted by Gasteiger charge is -2.06. The summed E-state index contributed by atoms with van der Waals surface area (Å²) >= 11 is 0. The zero-order valence-electron chi connectivity index (χ0n) is 9.77. The Kier molecular flexibility index (Phi) is 3.73. The second-order valence-corrected chi connectivity index (χ2v) is 4.10. The lowest BCUT2D eigenvalue weighted by molar-refractivity contribution is -0.120. The van der Waals surface area contributed by atoms with Crippen LogP contribution in [0.2, 0.25) is 0 Å². The van der Waals surface area contributed by atoms with Crippen molar-refractivity contribution in [2.24, 2.45) is 5.84 Å². The zero-order chi connectivity index (χ0) is 13.0. The average Bonchev–Trinajstić information content (AvgIpc) is 3.20. The average molecular weight is 249 g/mol. The lowest BCUT2D eigenvalue weighted by atomic mass is 10.2. The SMILES string of the molecule is NNc1cc(C(=O)NCC(=O)NC2CC2)ccn1. The quantitative estimate of drug-likeness (QED) is 0.410. The Morgan fingerprint density at radius 1 is 1.44 bits per heavy atom. The van der Waals surface area contributed by atoms with Gasteiger partial charge in [0.25, 0.3) is 5.91 Å². The molecular weight excluding hydrogens is 234 g/mol. The van der Waals surface area contributed by atoms with Gasteiger partial charge >= 0.3 is 0 Å². The highest BCUT2D eigenvalue weighted by Gasteiger charge is 2.23. The molecule has 0 aromatic carbocycles. The normalized spacial score (nSPS) is 13.8. The van der Waals surface area contributed by atoms with Crippen molar-refractivity contribution in [3.05, 3.63) is 23.9 Å². The van der Waals surface area contributed by atoms with E-state index < -0.39 is 0 Å². The summed E-state index contributed by atoms with van der Waals surface area (Å²) in [5.41, 5.74) is 2.75. The number of nitrogen functional groups attached to an aromatic ring is 1. The van der Waals surface area contributed by atoms with Gasteiger partial charge in [0.05, 0.1) is 6.54 Å². The molecule has 18 heavy (non-hydrogen) atoms. The maximum atomic E-state index is 11.7. The highest BCUT2D eigenvalue weighted by Crippen LogP contribution is 2.18. The van der Waals surface area contributed by atoms with Crippen LogP contribution in [0.15, 0.2) is 18.3 Å². The Hall–Kier alpha value is -2.15. The fourth-order valence-corrected chi connectivity index (χ4v) is 1.42. The Labute approximate surface area is 104 Å². The predicted octanol–water partition coefficient (Wildman–Crippen LogP) is -0.624. The van der Waals surface area contributed by atoms with E-state index in [1.54, 1.807) is 6.07 Å². The van der Waals surface area contributed by atoms with Crippen molar-refractivity contribution in [2.75, 3.05) is 12.0 Å². The molecule has 5 N–H and O–H groups in total. The molecule has 0 radical (unpaired) electrons. The van der Waals surface area contributed by atoms with Crippen LogP contribution in [0.3, 0.4) is 0 Å². The summed E-state index contributed by atoms with van der Waals surface area (Å²) in [6, 6.07) is 3.35. The summed E-state index contributed by atoms with van der Waals surface area (Å²) in [6.45, 7) is -0.0248. The molecule has 7 nitrogen and oxygen atoms in total. The van der Waals surface area contributed by atoms with E-state index in [1.807, 2.05) is 0 Å². The van der Waals surface area contributed by atoms with Crippen LogP contribution in [0.25, 0.3) is 0 Å². The molecule has 1 heterocycles. The van der Waals surface area contributed by atoms with Crippen LogP contribution in [0.4, 0.5) is 5.82 Å². The topological polar surface area (TPSA) is 109 Å². The van der Waals surface area contributed by atoms with Crippen molar-refractivity contribution < 1.29 is 9.59 Å². The minimum Gasteiger partial charge on any atom is -0.352 e. The Bertz CT molecular complexity index is 459. The number of anilines is 1. The van der Waals surface area contributed by atoms with E-state index in [9.17, 15) is 9.59 Å². The van der Waals surface area contributed by atoms with Gasteiger partial charge in [0.15, 0.2) is 0 Å². The minimum atomic E-state index is -0.333. The number of amides is 2. The van der Waals surface area contributed by atoms with Crippen molar-refractivity contribution in [3.8, 4) is 0 Å². The maximum Gasteiger partial charge on any atom is 0.251 e. The molecule has 0 saturated heterocycles. The fourth-order valence-electron chi connectivity index (χ4n) is 1.42. The number of hydrazine groups is 1. The predicted molar refractivity (Wildman–Crippen MR) is 65.5 cm³/mol. The molecule has 1 saturated carbocycles. The van der Waals surface area contributed by atoms with Gasteiger partial charge in [0.1, 0.15) is 5.82 Å². The number of carbonyl (C=O) groups is 2. The van der Waals surface area contributed by atoms with Crippen LogP contribution < -0.4 is 21.9 Å². The van der Waals surface area contributed by atoms with Gasteiger partial charge in [-0.1, -0.05) is 0 Å². The molecular formula is C11H15N5O2. The zero-order valence-corrected chi connectivity index (χ0v) is 9.77. The van der Waals surface area contributed by atoms with Crippen molar-refractivity contribution in [2.45, 2.75) is 18.9 Å². The summed E-state index contributed by atoms with van der Waals surface area (Å²) in [5.74, 6) is 5.09. The molecule has 1 aromatic rings. The first-order valence-electron chi connectivity index (χ1n) is 5.69. The van der Waals surface area contributed by atoms with Crippen LogP contribution in [0.1, 0.15) is 23.2 Å². The Morgan fingerprint density at radius 2 is 2.22 bits per heavy atom. The van der Waals surface area contributed by atoms with E-state index >= 15 is 0 Å². The van der Waals surface area contributed by atoms with Gasteiger partial charge in [-0.15, -0.1) is 0 Å². The van der Waals surface area contributed by atoms with Gasteiger partial charge in [0.2, 0.25) is 5.91 Å². The molecule has 1 aromatic heterocycles. The minimum absolute atomic E-state index is 0.0248. The van der Waals surface area contributed by atoms with Crippen molar-refractivity contribution in [1.29, 1.82) is 0 Å². The van der Waals surface area contributed by atoms with Gasteiger partial charge in [-0.3, -0.25) is 9.59 Å². The van der Waals surface area contributed by atoms with E-state index in [0.717, 1.165) is 12.8 Å². The van der Waals surface area contributed by atoms with Crippen molar-refractivity contribution in [3.63, 3.8) is 0 Å². The molecule has 1 aliphatic carbocycles. The second-order valence-electron chi connectivity index (χ2n) is 4.10. The molecule has 0 bridgehead atoms. The van der Waals surface area contributed by atoms with E-state index in [4.69, 9.17) is 5.84 Å². The van der Waals surface area contributed by atoms with Crippen LogP contribution >= 0.6 is 0 Å². The van der Waals surface area contributed by atoms with Gasteiger partial charge in [0, 0.05) is 17.8 Å². The standard InChI is InChI=1S/C11H15N5O2/c12-16-9-5-7(3-4-13-9)11(18)14-6-10(17)15-8-1-2-8/h3-5,8H,1-2,6,12H2,(H,13,16)(H,14,18)(H,15,17). The number of nitrogens with zero attached hydrogens (tertiary/aromatic N) is 1. The number of rotatable bonds is 5. The summed E-state index contributed by atoms with van der Waals surface area (Å²) in [6.07, 6.45) is 3.51. The third-order valence-electron chi connectivity index (χ3n) is 2.52. The van der Waals surface area contributed by atoms with E-state index in [2.05, 4.69) is 21.0 Å². The van der Waals surface area contributed by atoms with Gasteiger partial charge in [-0.2, -0.15) is 0 Å². The third-order valence-corrected chi connectivity index (χ3v) is 2.52. The number of nitrogens with one attached hydrogen (secondary N) is 3. The molecule has 2 amide bonds. The largest absolute Gasteiger partial charge is 0.352 e. The molecule has 0 aliphatic heterocycles. The first-order valence-corrected chi connectivity index (χ1v) is 5.69. The summed E-state index contributed by atoms with van der Waals surface area (Å²) < 4.78 is 0. The lowest BCUT2D eigenvalue weighted by Crippen LogP contribution is -2.37. The molecule has 96 valence electrons. The maximum absolute atomic E-state index is 11.7.